The van der Waals surface area contributed by atoms with Crippen LogP contribution in [0.4, 0.5) is 0 Å². The van der Waals surface area contributed by atoms with Gasteiger partial charge in [-0.15, -0.1) is 0 Å². The number of nitrogens with zero attached hydrogens (tertiary/aromatic N) is 5. The number of hydrogen-bond acceptors (Lipinski definition) is 4. The molecule has 2 aromatic carbocycles. The largest absolute Gasteiger partial charge is 0.491 e. The lowest BCUT2D eigenvalue weighted by Crippen LogP contribution is -2.06. The van der Waals surface area contributed by atoms with Gasteiger partial charge in [0.05, 0.1) is 12.1 Å². The first-order chi connectivity index (χ1) is 14.1. The monoisotopic (exact) mass is 383 g/mol. The van der Waals surface area contributed by atoms with Crippen molar-refractivity contribution in [3.05, 3.63) is 67.5 Å². The van der Waals surface area contributed by atoms with E-state index < -0.39 is 0 Å². The third-order valence-corrected chi connectivity index (χ3v) is 5.15. The Balaban J connectivity index is 1.60. The molecule has 6 heteroatoms. The van der Waals surface area contributed by atoms with Crippen LogP contribution in [-0.2, 0) is 6.54 Å². The maximum absolute atomic E-state index is 6.16. The Labute approximate surface area is 169 Å². The van der Waals surface area contributed by atoms with Crippen molar-refractivity contribution in [1.82, 2.24) is 24.3 Å². The van der Waals surface area contributed by atoms with E-state index in [2.05, 4.69) is 40.6 Å². The normalized spacial score (nSPS) is 13.0. The number of hydrogen-bond donors (Lipinski definition) is 0. The number of imidazole rings is 1. The maximum atomic E-state index is 6.16. The number of rotatable bonds is 3. The molecule has 0 atom stereocenters. The van der Waals surface area contributed by atoms with Gasteiger partial charge in [0.2, 0.25) is 0 Å². The quantitative estimate of drug-likeness (QED) is 0.522. The van der Waals surface area contributed by atoms with Gasteiger partial charge in [-0.2, -0.15) is 5.10 Å². The molecule has 5 rings (SSSR count). The van der Waals surface area contributed by atoms with Gasteiger partial charge in [0.25, 0.3) is 0 Å². The summed E-state index contributed by atoms with van der Waals surface area (Å²) in [6, 6.07) is 14.2. The average Bonchev–Trinajstić information content (AvgIpc) is 3.32. The number of fused-ring (bicyclic) bond motifs is 3. The van der Waals surface area contributed by atoms with E-state index in [-0.39, 0.29) is 6.04 Å². The highest BCUT2D eigenvalue weighted by atomic mass is 16.5. The highest BCUT2D eigenvalue weighted by Crippen LogP contribution is 2.37. The molecule has 2 radical (unpaired) electrons. The summed E-state index contributed by atoms with van der Waals surface area (Å²) in [4.78, 5) is 9.32. The molecule has 0 aliphatic carbocycles. The Morgan fingerprint density at radius 2 is 1.93 bits per heavy atom. The second kappa shape index (κ2) is 6.88. The van der Waals surface area contributed by atoms with E-state index in [4.69, 9.17) is 16.6 Å². The smallest absolute Gasteiger partial charge is 0.178 e. The van der Waals surface area contributed by atoms with E-state index >= 15 is 0 Å². The standard InChI is InChI=1S/C23H21N5O/c1-15(2)28-23(24-14-25-28)20-13-27-10-11-29-21-12-17(8-9-19(21)22(27)26-20)18-7-5-4-6-16(18)3/h3-9,12-15H,10-11H2,1-2H3. The summed E-state index contributed by atoms with van der Waals surface area (Å²) in [5, 5.41) is 4.33. The molecule has 2 aromatic heterocycles. The molecule has 0 amide bonds. The summed E-state index contributed by atoms with van der Waals surface area (Å²) >= 11 is 0. The Morgan fingerprint density at radius 3 is 2.76 bits per heavy atom. The molecular weight excluding hydrogens is 362 g/mol. The molecule has 0 bridgehead atoms. The van der Waals surface area contributed by atoms with E-state index in [0.717, 1.165) is 51.9 Å². The van der Waals surface area contributed by atoms with E-state index in [1.165, 1.54) is 0 Å². The minimum Gasteiger partial charge on any atom is -0.491 e. The summed E-state index contributed by atoms with van der Waals surface area (Å²) in [5.41, 5.74) is 4.55. The molecule has 0 spiro atoms. The van der Waals surface area contributed by atoms with Crippen LogP contribution in [-0.4, -0.2) is 30.9 Å². The predicted molar refractivity (Wildman–Crippen MR) is 111 cm³/mol. The van der Waals surface area contributed by atoms with Crippen LogP contribution < -0.4 is 4.74 Å². The molecule has 4 aromatic rings. The Kier molecular flexibility index (Phi) is 4.19. The zero-order chi connectivity index (χ0) is 20.0. The fourth-order valence-corrected chi connectivity index (χ4v) is 3.73. The lowest BCUT2D eigenvalue weighted by atomic mass is 9.99. The van der Waals surface area contributed by atoms with Crippen molar-refractivity contribution in [3.8, 4) is 39.8 Å². The summed E-state index contributed by atoms with van der Waals surface area (Å²) < 4.78 is 10.1. The third kappa shape index (κ3) is 3.01. The molecule has 3 heterocycles. The van der Waals surface area contributed by atoms with Crippen molar-refractivity contribution in [2.24, 2.45) is 0 Å². The van der Waals surface area contributed by atoms with Gasteiger partial charge in [-0.05, 0) is 49.6 Å². The minimum absolute atomic E-state index is 0.212. The van der Waals surface area contributed by atoms with Gasteiger partial charge in [-0.3, -0.25) is 0 Å². The Morgan fingerprint density at radius 1 is 1.07 bits per heavy atom. The van der Waals surface area contributed by atoms with Crippen LogP contribution in [0.15, 0.2) is 55.0 Å². The predicted octanol–water partition coefficient (Wildman–Crippen LogP) is 4.51. The highest BCUT2D eigenvalue weighted by molar-refractivity contribution is 5.76. The molecule has 29 heavy (non-hydrogen) atoms. The number of aromatic nitrogens is 5. The van der Waals surface area contributed by atoms with E-state index in [1.807, 2.05) is 41.2 Å². The van der Waals surface area contributed by atoms with Gasteiger partial charge in [0.1, 0.15) is 30.2 Å². The van der Waals surface area contributed by atoms with Crippen molar-refractivity contribution in [2.75, 3.05) is 6.61 Å². The molecular formula is C23H21N5O. The zero-order valence-corrected chi connectivity index (χ0v) is 16.4. The lowest BCUT2D eigenvalue weighted by Gasteiger charge is -2.11. The van der Waals surface area contributed by atoms with E-state index in [9.17, 15) is 0 Å². The summed E-state index contributed by atoms with van der Waals surface area (Å²) in [6.45, 7) is 11.6. The molecule has 144 valence electrons. The van der Waals surface area contributed by atoms with Crippen LogP contribution in [0.2, 0.25) is 0 Å². The molecule has 0 N–H and O–H groups in total. The van der Waals surface area contributed by atoms with Crippen molar-refractivity contribution in [1.29, 1.82) is 0 Å². The van der Waals surface area contributed by atoms with Gasteiger partial charge >= 0.3 is 0 Å². The van der Waals surface area contributed by atoms with Crippen LogP contribution in [0.25, 0.3) is 34.0 Å². The third-order valence-electron chi connectivity index (χ3n) is 5.15. The molecule has 6 nitrogen and oxygen atoms in total. The molecule has 1 aliphatic heterocycles. The van der Waals surface area contributed by atoms with E-state index in [0.29, 0.717) is 6.61 Å². The van der Waals surface area contributed by atoms with Crippen molar-refractivity contribution in [3.63, 3.8) is 0 Å². The Hall–Kier alpha value is -3.41. The molecule has 0 saturated carbocycles. The molecule has 1 aliphatic rings. The van der Waals surface area contributed by atoms with Gasteiger partial charge in [0.15, 0.2) is 5.82 Å². The highest BCUT2D eigenvalue weighted by Gasteiger charge is 2.22. The lowest BCUT2D eigenvalue weighted by molar-refractivity contribution is 0.307. The molecule has 0 saturated heterocycles. The SMILES string of the molecule is [CH]c1ccccc1-c1ccc2c(c1)OCCn1cc(-c3ncnn3C(C)C)nc1-2. The summed E-state index contributed by atoms with van der Waals surface area (Å²) in [5.74, 6) is 2.46. The van der Waals surface area contributed by atoms with Crippen LogP contribution >= 0.6 is 0 Å². The number of benzene rings is 2. The zero-order valence-electron chi connectivity index (χ0n) is 16.4. The topological polar surface area (TPSA) is 57.8 Å². The Bertz CT molecular complexity index is 1190. The average molecular weight is 383 g/mol. The van der Waals surface area contributed by atoms with Crippen molar-refractivity contribution >= 4 is 0 Å². The second-order valence-corrected chi connectivity index (χ2v) is 7.41. The first kappa shape index (κ1) is 17.7. The van der Waals surface area contributed by atoms with Crippen LogP contribution in [0.1, 0.15) is 25.5 Å². The second-order valence-electron chi connectivity index (χ2n) is 7.41. The first-order valence-corrected chi connectivity index (χ1v) is 9.71. The van der Waals surface area contributed by atoms with Gasteiger partial charge in [-0.25, -0.2) is 14.6 Å². The van der Waals surface area contributed by atoms with Crippen molar-refractivity contribution < 1.29 is 4.74 Å². The minimum atomic E-state index is 0.212. The van der Waals surface area contributed by atoms with Crippen LogP contribution in [0.3, 0.4) is 0 Å². The fourth-order valence-electron chi connectivity index (χ4n) is 3.73. The molecule has 0 fully saturated rings. The van der Waals surface area contributed by atoms with Gasteiger partial charge in [-0.1, -0.05) is 30.3 Å². The van der Waals surface area contributed by atoms with E-state index in [1.54, 1.807) is 6.33 Å². The maximum Gasteiger partial charge on any atom is 0.178 e. The van der Waals surface area contributed by atoms with Crippen LogP contribution in [0.5, 0.6) is 5.75 Å². The summed E-state index contributed by atoms with van der Waals surface area (Å²) in [6.07, 6.45) is 3.60. The van der Waals surface area contributed by atoms with Crippen LogP contribution in [0, 0.1) is 6.92 Å². The number of ether oxygens (including phenoxy) is 1. The van der Waals surface area contributed by atoms with Gasteiger partial charge < -0.3 is 9.30 Å². The fraction of sp³-hybridized carbons (Fsp3) is 0.217. The first-order valence-electron chi connectivity index (χ1n) is 9.71. The van der Waals surface area contributed by atoms with Gasteiger partial charge in [0, 0.05) is 12.2 Å². The molecule has 0 unspecified atom stereocenters. The van der Waals surface area contributed by atoms with Crippen molar-refractivity contribution in [2.45, 2.75) is 26.4 Å². The summed E-state index contributed by atoms with van der Waals surface area (Å²) in [7, 11) is 0.